The van der Waals surface area contributed by atoms with Crippen LogP contribution in [0.5, 0.6) is 0 Å². The van der Waals surface area contributed by atoms with Gasteiger partial charge in [0.15, 0.2) is 6.29 Å². The zero-order valence-electron chi connectivity index (χ0n) is 26.8. The summed E-state index contributed by atoms with van der Waals surface area (Å²) >= 11 is 0. The van der Waals surface area contributed by atoms with Gasteiger partial charge in [0.05, 0.1) is 19.8 Å². The molecular weight excluding hydrogens is 620 g/mol. The number of aliphatic hydroxyl groups excluding tert-OH is 3. The molecule has 1 heterocycles. The molecule has 0 aromatic rings. The molecule has 0 spiro atoms. The molecule has 0 amide bonds. The molecule has 1 saturated heterocycles. The van der Waals surface area contributed by atoms with Crippen LogP contribution in [0.15, 0.2) is 72.9 Å². The standard InChI is InChI=1S/C33H52O12S/c1-3-4-5-6-7-8-9-10-11-12-13-14-15-16-17-18-19-20-21-22-23-41-25-28(43-27(2)35)26-42-33-31(37)32(45-46(38,39)40)30(36)29(24-34)44-33/h4-5,7-8,10-11,13-14,16-17,19-20,28-34,36-37H,3,6,9,12,15,18,21-26H2,1-2H3,(H,38,39,40)/b5-4-,8-7-,11-10-,14-13-,17-16-,20-19-. The smallest absolute Gasteiger partial charge is 0.397 e. The van der Waals surface area contributed by atoms with E-state index >= 15 is 0 Å². The summed E-state index contributed by atoms with van der Waals surface area (Å²) in [5.74, 6) is -0.600. The highest BCUT2D eigenvalue weighted by Crippen LogP contribution is 2.25. The van der Waals surface area contributed by atoms with Gasteiger partial charge in [0.1, 0.15) is 30.5 Å². The Labute approximate surface area is 273 Å². The summed E-state index contributed by atoms with van der Waals surface area (Å²) in [6.45, 7) is 2.62. The third-order valence-corrected chi connectivity index (χ3v) is 6.86. The maximum absolute atomic E-state index is 11.5. The lowest BCUT2D eigenvalue weighted by molar-refractivity contribution is -0.301. The Kier molecular flexibility index (Phi) is 23.1. The molecule has 13 heteroatoms. The lowest BCUT2D eigenvalue weighted by Crippen LogP contribution is -2.60. The second-order valence-corrected chi connectivity index (χ2v) is 11.4. The first-order valence-electron chi connectivity index (χ1n) is 15.6. The van der Waals surface area contributed by atoms with E-state index in [0.29, 0.717) is 6.61 Å². The van der Waals surface area contributed by atoms with Crippen molar-refractivity contribution in [2.24, 2.45) is 0 Å². The van der Waals surface area contributed by atoms with E-state index in [1.54, 1.807) is 0 Å². The molecular formula is C33H52O12S. The molecule has 1 rings (SSSR count). The first-order chi connectivity index (χ1) is 22.1. The molecule has 6 atom stereocenters. The molecule has 1 aliphatic heterocycles. The summed E-state index contributed by atoms with van der Waals surface area (Å²) < 4.78 is 57.1. The Hall–Kier alpha value is -2.46. The summed E-state index contributed by atoms with van der Waals surface area (Å²) in [4.78, 5) is 11.5. The third kappa shape index (κ3) is 20.6. The van der Waals surface area contributed by atoms with Gasteiger partial charge in [-0.3, -0.25) is 9.35 Å². The van der Waals surface area contributed by atoms with Crippen molar-refractivity contribution in [3.8, 4) is 0 Å². The van der Waals surface area contributed by atoms with Crippen molar-refractivity contribution in [3.63, 3.8) is 0 Å². The largest absolute Gasteiger partial charge is 0.458 e. The molecule has 0 aromatic carbocycles. The number of hydrogen-bond donors (Lipinski definition) is 4. The van der Waals surface area contributed by atoms with Crippen molar-refractivity contribution in [1.29, 1.82) is 0 Å². The Balaban J connectivity index is 2.27. The van der Waals surface area contributed by atoms with Gasteiger partial charge in [-0.1, -0.05) is 79.8 Å². The molecule has 262 valence electrons. The molecule has 1 fully saturated rings. The zero-order chi connectivity index (χ0) is 34.0. The fourth-order valence-electron chi connectivity index (χ4n) is 4.16. The van der Waals surface area contributed by atoms with Gasteiger partial charge in [-0.2, -0.15) is 8.42 Å². The number of carbonyl (C=O) groups is 1. The highest BCUT2D eigenvalue weighted by atomic mass is 32.3. The molecule has 0 aromatic heterocycles. The number of aliphatic hydroxyl groups is 3. The number of ether oxygens (including phenoxy) is 4. The van der Waals surface area contributed by atoms with Crippen molar-refractivity contribution in [2.45, 2.75) is 102 Å². The number of unbranched alkanes of at least 4 members (excludes halogenated alkanes) is 1. The van der Waals surface area contributed by atoms with E-state index in [1.165, 1.54) is 6.92 Å². The molecule has 1 aliphatic rings. The topological polar surface area (TPSA) is 178 Å². The Morgan fingerprint density at radius 2 is 1.35 bits per heavy atom. The summed E-state index contributed by atoms with van der Waals surface area (Å²) in [5.41, 5.74) is 0. The van der Waals surface area contributed by atoms with Gasteiger partial charge in [-0.15, -0.1) is 0 Å². The summed E-state index contributed by atoms with van der Waals surface area (Å²) in [6.07, 6.45) is 23.6. The van der Waals surface area contributed by atoms with Gasteiger partial charge < -0.3 is 34.3 Å². The van der Waals surface area contributed by atoms with Crippen LogP contribution in [0.2, 0.25) is 0 Å². The van der Waals surface area contributed by atoms with Gasteiger partial charge in [0.2, 0.25) is 0 Å². The van der Waals surface area contributed by atoms with Crippen LogP contribution >= 0.6 is 0 Å². The maximum Gasteiger partial charge on any atom is 0.397 e. The van der Waals surface area contributed by atoms with E-state index in [0.717, 1.165) is 51.4 Å². The lowest BCUT2D eigenvalue weighted by Gasteiger charge is -2.41. The van der Waals surface area contributed by atoms with Crippen LogP contribution in [0, 0.1) is 0 Å². The van der Waals surface area contributed by atoms with E-state index in [9.17, 15) is 28.5 Å². The number of allylic oxidation sites excluding steroid dienone is 12. The lowest BCUT2D eigenvalue weighted by atomic mass is 9.99. The van der Waals surface area contributed by atoms with Crippen molar-refractivity contribution in [2.75, 3.05) is 26.4 Å². The molecule has 12 nitrogen and oxygen atoms in total. The summed E-state index contributed by atoms with van der Waals surface area (Å²) in [6, 6.07) is 0. The molecule has 0 bridgehead atoms. The molecule has 46 heavy (non-hydrogen) atoms. The molecule has 0 saturated carbocycles. The van der Waals surface area contributed by atoms with Crippen LogP contribution in [0.4, 0.5) is 0 Å². The van der Waals surface area contributed by atoms with Crippen molar-refractivity contribution in [3.05, 3.63) is 72.9 Å². The Morgan fingerprint density at radius 1 is 0.826 bits per heavy atom. The average molecular weight is 673 g/mol. The SMILES string of the molecule is CC/C=C\C/C=C\C/C=C\C/C=C\C/C=C\C/C=C\CCCOCC(COC1OC(CO)C(O)C(OS(=O)(=O)O)C1O)OC(C)=O. The first kappa shape index (κ1) is 41.6. The van der Waals surface area contributed by atoms with Crippen LogP contribution in [0.25, 0.3) is 0 Å². The van der Waals surface area contributed by atoms with Gasteiger partial charge in [0, 0.05) is 13.5 Å². The van der Waals surface area contributed by atoms with E-state index in [1.807, 2.05) is 0 Å². The van der Waals surface area contributed by atoms with E-state index in [4.69, 9.17) is 23.5 Å². The van der Waals surface area contributed by atoms with E-state index < -0.39 is 59.8 Å². The minimum atomic E-state index is -5.05. The van der Waals surface area contributed by atoms with Crippen molar-refractivity contribution < 1.29 is 56.2 Å². The van der Waals surface area contributed by atoms with Gasteiger partial charge in [-0.05, 0) is 51.4 Å². The molecule has 4 N–H and O–H groups in total. The van der Waals surface area contributed by atoms with Crippen molar-refractivity contribution >= 4 is 16.4 Å². The highest BCUT2D eigenvalue weighted by molar-refractivity contribution is 7.80. The van der Waals surface area contributed by atoms with Crippen LogP contribution in [0.1, 0.15) is 65.2 Å². The van der Waals surface area contributed by atoms with Gasteiger partial charge >= 0.3 is 16.4 Å². The second kappa shape index (κ2) is 25.6. The van der Waals surface area contributed by atoms with Crippen LogP contribution in [-0.4, -0.2) is 97.5 Å². The Bertz CT molecular complexity index is 1100. The second-order valence-electron chi connectivity index (χ2n) is 10.4. The third-order valence-electron chi connectivity index (χ3n) is 6.39. The number of esters is 1. The van der Waals surface area contributed by atoms with Gasteiger partial charge in [0.25, 0.3) is 0 Å². The maximum atomic E-state index is 11.5. The van der Waals surface area contributed by atoms with Gasteiger partial charge in [-0.25, -0.2) is 4.18 Å². The van der Waals surface area contributed by atoms with Crippen LogP contribution < -0.4 is 0 Å². The summed E-state index contributed by atoms with van der Waals surface area (Å²) in [7, 11) is -5.05. The minimum absolute atomic E-state index is 0.0247. The quantitative estimate of drug-likeness (QED) is 0.0501. The normalized spacial score (nSPS) is 23.7. The average Bonchev–Trinajstić information content (AvgIpc) is 3.00. The number of rotatable bonds is 24. The monoisotopic (exact) mass is 672 g/mol. The predicted molar refractivity (Wildman–Crippen MR) is 174 cm³/mol. The summed E-state index contributed by atoms with van der Waals surface area (Å²) in [5, 5.41) is 29.9. The molecule has 0 aliphatic carbocycles. The fraction of sp³-hybridized carbons (Fsp3) is 0.606. The van der Waals surface area contributed by atoms with E-state index in [-0.39, 0.29) is 13.2 Å². The number of hydrogen-bond acceptors (Lipinski definition) is 11. The van der Waals surface area contributed by atoms with Crippen LogP contribution in [0.3, 0.4) is 0 Å². The Morgan fingerprint density at radius 3 is 1.83 bits per heavy atom. The predicted octanol–water partition coefficient (Wildman–Crippen LogP) is 4.06. The van der Waals surface area contributed by atoms with Crippen LogP contribution in [-0.2, 0) is 38.3 Å². The minimum Gasteiger partial charge on any atom is -0.458 e. The van der Waals surface area contributed by atoms with Crippen molar-refractivity contribution in [1.82, 2.24) is 0 Å². The number of carbonyl (C=O) groups excluding carboxylic acids is 1. The molecule has 0 radical (unpaired) electrons. The first-order valence-corrected chi connectivity index (χ1v) is 17.0. The van der Waals surface area contributed by atoms with E-state index in [2.05, 4.69) is 84.0 Å². The molecule has 6 unspecified atom stereocenters. The highest BCUT2D eigenvalue weighted by Gasteiger charge is 2.47. The zero-order valence-corrected chi connectivity index (χ0v) is 27.7. The fourth-order valence-corrected chi connectivity index (χ4v) is 4.66.